The third-order valence-corrected chi connectivity index (χ3v) is 1.70. The Morgan fingerprint density at radius 2 is 1.54 bits per heavy atom. The van der Waals surface area contributed by atoms with Gasteiger partial charge in [-0.1, -0.05) is 13.3 Å². The van der Waals surface area contributed by atoms with E-state index in [0.29, 0.717) is 0 Å². The van der Waals surface area contributed by atoms with Crippen molar-refractivity contribution in [3.8, 4) is 0 Å². The smallest absolute Gasteiger partial charge is 0.214 e. The van der Waals surface area contributed by atoms with Crippen molar-refractivity contribution in [2.75, 3.05) is 0 Å². The van der Waals surface area contributed by atoms with E-state index in [0.717, 1.165) is 6.42 Å². The van der Waals surface area contributed by atoms with E-state index in [-0.39, 0.29) is 17.1 Å². The Balaban J connectivity index is 0.000000215. The summed E-state index contributed by atoms with van der Waals surface area (Å²) >= 11 is 0. The summed E-state index contributed by atoms with van der Waals surface area (Å²) in [5, 5.41) is 0. The summed E-state index contributed by atoms with van der Waals surface area (Å²) in [7, 11) is 0. The molecule has 0 aliphatic carbocycles. The first-order chi connectivity index (χ1) is 5.93. The molecule has 0 spiro atoms. The van der Waals surface area contributed by atoms with Crippen molar-refractivity contribution in [1.29, 1.82) is 0 Å². The van der Waals surface area contributed by atoms with Crippen LogP contribution in [0.2, 0.25) is 0 Å². The van der Waals surface area contributed by atoms with Gasteiger partial charge in [0, 0.05) is 0 Å². The number of hydrogen-bond donors (Lipinski definition) is 0. The largest absolute Gasteiger partial charge is 2.00 e. The van der Waals surface area contributed by atoms with Crippen molar-refractivity contribution in [1.82, 2.24) is 0 Å². The summed E-state index contributed by atoms with van der Waals surface area (Å²) in [6, 6.07) is 18.4. The fourth-order valence-electron chi connectivity index (χ4n) is 0.970. The van der Waals surface area contributed by atoms with Gasteiger partial charge in [-0.15, -0.1) is 0 Å². The minimum atomic E-state index is 0. The molecule has 0 radical (unpaired) electrons. The molecule has 0 saturated carbocycles. The second-order valence-corrected chi connectivity index (χ2v) is 2.61. The molecule has 0 aliphatic rings. The third-order valence-electron chi connectivity index (χ3n) is 1.70. The van der Waals surface area contributed by atoms with E-state index < -0.39 is 0 Å². The number of rotatable bonds is 1. The summed E-state index contributed by atoms with van der Waals surface area (Å²) in [6.07, 6.45) is 1.16. The Labute approximate surface area is 90.8 Å². The van der Waals surface area contributed by atoms with Gasteiger partial charge in [0.05, 0.1) is 0 Å². The minimum absolute atomic E-state index is 0. The zero-order valence-electron chi connectivity index (χ0n) is 7.76. The molecule has 13 heavy (non-hydrogen) atoms. The molecular weight excluding hydrogens is 200 g/mol. The molecule has 0 N–H and O–H groups in total. The zero-order valence-corrected chi connectivity index (χ0v) is 8.86. The van der Waals surface area contributed by atoms with Gasteiger partial charge in [0.2, 0.25) is 0 Å². The first-order valence-electron chi connectivity index (χ1n) is 4.30. The maximum absolute atomic E-state index is 2.16. The van der Waals surface area contributed by atoms with Crippen molar-refractivity contribution in [3.63, 3.8) is 0 Å². The maximum atomic E-state index is 2.16. The van der Waals surface area contributed by atoms with Crippen LogP contribution in [-0.2, 0) is 23.5 Å². The van der Waals surface area contributed by atoms with Crippen LogP contribution in [-0.4, -0.2) is 0 Å². The number of hydrogen-bond acceptors (Lipinski definition) is 0. The molecule has 0 fully saturated rings. The molecule has 0 nitrogen and oxygen atoms in total. The standard InChI is InChI=1S/C7H9.C5H5.Fe/c1-2-7-5-3-4-6-7;1-2-4-5-3-1;/h3-6H,2H2,1H3;1-5H;/q2*-1;+2. The van der Waals surface area contributed by atoms with E-state index in [4.69, 9.17) is 0 Å². The second kappa shape index (κ2) is 7.85. The summed E-state index contributed by atoms with van der Waals surface area (Å²) in [5.41, 5.74) is 1.43. The van der Waals surface area contributed by atoms with Gasteiger partial charge in [-0.2, -0.15) is 35.9 Å². The summed E-state index contributed by atoms with van der Waals surface area (Å²) < 4.78 is 0. The van der Waals surface area contributed by atoms with Crippen molar-refractivity contribution in [3.05, 3.63) is 60.2 Å². The summed E-state index contributed by atoms with van der Waals surface area (Å²) in [6.45, 7) is 2.16. The summed E-state index contributed by atoms with van der Waals surface area (Å²) in [5.74, 6) is 0. The van der Waals surface area contributed by atoms with Crippen LogP contribution in [0.1, 0.15) is 12.5 Å². The van der Waals surface area contributed by atoms with Crippen LogP contribution in [0.4, 0.5) is 0 Å². The van der Waals surface area contributed by atoms with E-state index in [2.05, 4.69) is 31.2 Å². The van der Waals surface area contributed by atoms with Gasteiger partial charge < -0.3 is 0 Å². The molecule has 0 bridgehead atoms. The molecule has 0 aromatic heterocycles. The SMILES string of the molecule is CC[c-]1cccc1.[Fe+2].c1cc[cH-]c1. The molecule has 1 heteroatoms. The quantitative estimate of drug-likeness (QED) is 0.504. The topological polar surface area (TPSA) is 0 Å². The van der Waals surface area contributed by atoms with E-state index in [1.807, 2.05) is 30.3 Å². The molecule has 2 aromatic rings. The predicted molar refractivity (Wildman–Crippen MR) is 53.4 cm³/mol. The monoisotopic (exact) mass is 214 g/mol. The van der Waals surface area contributed by atoms with Crippen LogP contribution in [0.3, 0.4) is 0 Å². The molecule has 0 aliphatic heterocycles. The van der Waals surface area contributed by atoms with Gasteiger partial charge in [0.25, 0.3) is 0 Å². The average molecular weight is 214 g/mol. The molecule has 0 amide bonds. The molecular formula is C12H14Fe. The maximum Gasteiger partial charge on any atom is 2.00 e. The predicted octanol–water partition coefficient (Wildman–Crippen LogP) is 3.37. The van der Waals surface area contributed by atoms with Crippen molar-refractivity contribution in [2.45, 2.75) is 13.3 Å². The van der Waals surface area contributed by atoms with Crippen molar-refractivity contribution in [2.24, 2.45) is 0 Å². The van der Waals surface area contributed by atoms with Crippen molar-refractivity contribution >= 4 is 0 Å². The van der Waals surface area contributed by atoms with E-state index in [9.17, 15) is 0 Å². The van der Waals surface area contributed by atoms with E-state index in [1.165, 1.54) is 5.56 Å². The van der Waals surface area contributed by atoms with Crippen molar-refractivity contribution < 1.29 is 17.1 Å². The first kappa shape index (κ1) is 12.2. The Morgan fingerprint density at radius 1 is 1.00 bits per heavy atom. The number of aryl methyl sites for hydroxylation is 1. The molecule has 70 valence electrons. The van der Waals surface area contributed by atoms with Crippen LogP contribution < -0.4 is 0 Å². The normalized spacial score (nSPS) is 8.08. The third kappa shape index (κ3) is 5.46. The Kier molecular flexibility index (Phi) is 7.38. The average Bonchev–Trinajstić information content (AvgIpc) is 2.81. The molecule has 2 aromatic carbocycles. The molecule has 0 unspecified atom stereocenters. The van der Waals surface area contributed by atoms with Crippen LogP contribution >= 0.6 is 0 Å². The van der Waals surface area contributed by atoms with Gasteiger partial charge in [-0.25, -0.2) is 24.3 Å². The first-order valence-corrected chi connectivity index (χ1v) is 4.30. The molecule has 0 heterocycles. The van der Waals surface area contributed by atoms with E-state index in [1.54, 1.807) is 0 Å². The Morgan fingerprint density at radius 3 is 1.77 bits per heavy atom. The molecule has 0 saturated heterocycles. The van der Waals surface area contributed by atoms with Gasteiger partial charge in [0.15, 0.2) is 0 Å². The summed E-state index contributed by atoms with van der Waals surface area (Å²) in [4.78, 5) is 0. The van der Waals surface area contributed by atoms with E-state index >= 15 is 0 Å². The van der Waals surface area contributed by atoms with Crippen LogP contribution in [0.15, 0.2) is 54.6 Å². The Bertz CT molecular complexity index is 236. The van der Waals surface area contributed by atoms with Crippen LogP contribution in [0.25, 0.3) is 0 Å². The van der Waals surface area contributed by atoms with Gasteiger partial charge in [0.1, 0.15) is 0 Å². The second-order valence-electron chi connectivity index (χ2n) is 2.61. The minimum Gasteiger partial charge on any atom is -0.214 e. The van der Waals surface area contributed by atoms with Gasteiger partial charge >= 0.3 is 17.1 Å². The zero-order chi connectivity index (χ0) is 8.65. The van der Waals surface area contributed by atoms with Gasteiger partial charge in [-0.05, 0) is 0 Å². The fourth-order valence-corrected chi connectivity index (χ4v) is 0.970. The molecule has 2 rings (SSSR count). The molecule has 0 atom stereocenters. The van der Waals surface area contributed by atoms with Crippen LogP contribution in [0, 0.1) is 0 Å². The fraction of sp³-hybridized carbons (Fsp3) is 0.167. The van der Waals surface area contributed by atoms with Gasteiger partial charge in [-0.3, -0.25) is 0 Å². The van der Waals surface area contributed by atoms with Crippen LogP contribution in [0.5, 0.6) is 0 Å². The Hall–Kier alpha value is -0.781.